The number of fused-ring (bicyclic) bond motifs is 1. The predicted octanol–water partition coefficient (Wildman–Crippen LogP) is 3.46. The predicted molar refractivity (Wildman–Crippen MR) is 94.7 cm³/mol. The van der Waals surface area contributed by atoms with Crippen LogP contribution in [0.2, 0.25) is 0 Å². The molecule has 0 aliphatic carbocycles. The number of nitrogens with zero attached hydrogens (tertiary/aromatic N) is 1. The van der Waals surface area contributed by atoms with Crippen molar-refractivity contribution in [3.8, 4) is 5.75 Å². The molecule has 1 amide bonds. The number of oxazole rings is 1. The Morgan fingerprint density at radius 2 is 1.89 bits per heavy atom. The highest BCUT2D eigenvalue weighted by Gasteiger charge is 2.13. The number of ether oxygens (including phenoxy) is 1. The van der Waals surface area contributed by atoms with Crippen LogP contribution in [0, 0.1) is 0 Å². The van der Waals surface area contributed by atoms with Crippen molar-refractivity contribution in [1.82, 2.24) is 9.88 Å². The van der Waals surface area contributed by atoms with Gasteiger partial charge in [-0.05, 0) is 36.8 Å². The van der Waals surface area contributed by atoms with Crippen LogP contribution in [0.3, 0.4) is 0 Å². The number of hydrogen-bond acceptors (Lipinski definition) is 4. The van der Waals surface area contributed by atoms with Gasteiger partial charge in [0.05, 0.1) is 11.6 Å². The molecule has 1 aromatic heterocycles. The van der Waals surface area contributed by atoms with Gasteiger partial charge in [-0.15, -0.1) is 0 Å². The zero-order valence-corrected chi connectivity index (χ0v) is 14.5. The monoisotopic (exact) mass is 376 g/mol. The molecule has 2 aromatic carbocycles. The van der Waals surface area contributed by atoms with E-state index in [1.807, 2.05) is 0 Å². The number of carbonyl (C=O) groups excluding carboxylic acids is 1. The first-order chi connectivity index (χ1) is 12.9. The Morgan fingerprint density at radius 1 is 1.19 bits per heavy atom. The van der Waals surface area contributed by atoms with E-state index in [0.717, 1.165) is 5.56 Å². The summed E-state index contributed by atoms with van der Waals surface area (Å²) in [5, 5.41) is 2.81. The minimum Gasteiger partial charge on any atom is -0.435 e. The van der Waals surface area contributed by atoms with Crippen molar-refractivity contribution in [2.24, 2.45) is 0 Å². The van der Waals surface area contributed by atoms with Crippen LogP contribution < -0.4 is 15.8 Å². The third-order valence-electron chi connectivity index (χ3n) is 4.12. The van der Waals surface area contributed by atoms with Gasteiger partial charge >= 0.3 is 12.4 Å². The summed E-state index contributed by atoms with van der Waals surface area (Å²) in [6.07, 6.45) is 0.0976. The van der Waals surface area contributed by atoms with E-state index < -0.39 is 12.4 Å². The standard InChI is InChI=1S/C19H18F2N2O4/c1-12(13-6-8-14(9-7-13)26-18(20)21)22-17(24)10-11-23-15-4-2-3-5-16(15)27-19(23)25/h2-9,12,18H,10-11H2,1H3,(H,22,24)/t12-/m1/s1. The zero-order valence-electron chi connectivity index (χ0n) is 14.5. The molecule has 0 saturated carbocycles. The molecule has 3 aromatic rings. The van der Waals surface area contributed by atoms with Gasteiger partial charge in [-0.3, -0.25) is 9.36 Å². The molecule has 0 aliphatic rings. The summed E-state index contributed by atoms with van der Waals surface area (Å²) in [4.78, 5) is 24.1. The van der Waals surface area contributed by atoms with Crippen molar-refractivity contribution in [1.29, 1.82) is 0 Å². The minimum absolute atomic E-state index is 0.0542. The molecule has 8 heteroatoms. The first-order valence-corrected chi connectivity index (χ1v) is 8.36. The molecule has 6 nitrogen and oxygen atoms in total. The Labute approximate surface area is 153 Å². The van der Waals surface area contributed by atoms with Crippen molar-refractivity contribution in [3.05, 3.63) is 64.6 Å². The van der Waals surface area contributed by atoms with E-state index in [1.165, 1.54) is 16.7 Å². The molecule has 0 spiro atoms. The fourth-order valence-corrected chi connectivity index (χ4v) is 2.77. The molecule has 1 N–H and O–H groups in total. The number of rotatable bonds is 7. The number of nitrogens with one attached hydrogen (secondary N) is 1. The summed E-state index contributed by atoms with van der Waals surface area (Å²) in [6.45, 7) is -0.911. The molecule has 1 heterocycles. The van der Waals surface area contributed by atoms with E-state index in [-0.39, 0.29) is 30.7 Å². The van der Waals surface area contributed by atoms with Crippen molar-refractivity contribution in [3.63, 3.8) is 0 Å². The summed E-state index contributed by atoms with van der Waals surface area (Å²) >= 11 is 0. The van der Waals surface area contributed by atoms with Gasteiger partial charge in [-0.1, -0.05) is 24.3 Å². The number of amides is 1. The Hall–Kier alpha value is -3.16. The number of aryl methyl sites for hydroxylation is 1. The largest absolute Gasteiger partial charge is 0.435 e. The summed E-state index contributed by atoms with van der Waals surface area (Å²) in [5.41, 5.74) is 1.86. The van der Waals surface area contributed by atoms with Gasteiger partial charge in [-0.2, -0.15) is 8.78 Å². The topological polar surface area (TPSA) is 73.5 Å². The maximum absolute atomic E-state index is 12.2. The molecular formula is C19H18F2N2O4. The number of benzene rings is 2. The molecule has 142 valence electrons. The normalized spacial score (nSPS) is 12.3. The molecule has 0 saturated heterocycles. The third kappa shape index (κ3) is 4.52. The Balaban J connectivity index is 1.58. The van der Waals surface area contributed by atoms with Gasteiger partial charge in [0.1, 0.15) is 5.75 Å². The molecule has 0 unspecified atom stereocenters. The van der Waals surface area contributed by atoms with Crippen molar-refractivity contribution < 1.29 is 22.7 Å². The average molecular weight is 376 g/mol. The van der Waals surface area contributed by atoms with Crippen LogP contribution >= 0.6 is 0 Å². The first-order valence-electron chi connectivity index (χ1n) is 8.36. The number of para-hydroxylation sites is 2. The lowest BCUT2D eigenvalue weighted by atomic mass is 10.1. The van der Waals surface area contributed by atoms with E-state index in [1.54, 1.807) is 43.3 Å². The van der Waals surface area contributed by atoms with Crippen LogP contribution in [0.1, 0.15) is 24.9 Å². The number of carbonyl (C=O) groups is 1. The quantitative estimate of drug-likeness (QED) is 0.685. The lowest BCUT2D eigenvalue weighted by Gasteiger charge is -2.15. The van der Waals surface area contributed by atoms with E-state index >= 15 is 0 Å². The lowest BCUT2D eigenvalue weighted by molar-refractivity contribution is -0.121. The van der Waals surface area contributed by atoms with Crippen LogP contribution in [0.25, 0.3) is 11.1 Å². The minimum atomic E-state index is -2.88. The summed E-state index contributed by atoms with van der Waals surface area (Å²) in [7, 11) is 0. The zero-order chi connectivity index (χ0) is 19.4. The van der Waals surface area contributed by atoms with Crippen molar-refractivity contribution in [2.45, 2.75) is 32.5 Å². The molecule has 3 rings (SSSR count). The highest BCUT2D eigenvalue weighted by atomic mass is 19.3. The van der Waals surface area contributed by atoms with Crippen LogP contribution in [-0.2, 0) is 11.3 Å². The van der Waals surface area contributed by atoms with E-state index in [2.05, 4.69) is 10.1 Å². The van der Waals surface area contributed by atoms with Gasteiger partial charge < -0.3 is 14.5 Å². The second kappa shape index (κ2) is 8.03. The van der Waals surface area contributed by atoms with Gasteiger partial charge in [0, 0.05) is 13.0 Å². The van der Waals surface area contributed by atoms with Gasteiger partial charge in [0.25, 0.3) is 0 Å². The van der Waals surface area contributed by atoms with E-state index in [0.29, 0.717) is 11.1 Å². The second-order valence-electron chi connectivity index (χ2n) is 5.97. The summed E-state index contributed by atoms with van der Waals surface area (Å²) in [6, 6.07) is 12.7. The van der Waals surface area contributed by atoms with E-state index in [4.69, 9.17) is 4.42 Å². The Kier molecular flexibility index (Phi) is 5.54. The number of halogens is 2. The second-order valence-corrected chi connectivity index (χ2v) is 5.97. The SMILES string of the molecule is C[C@@H](NC(=O)CCn1c(=O)oc2ccccc21)c1ccc(OC(F)F)cc1. The van der Waals surface area contributed by atoms with Crippen LogP contribution in [-0.4, -0.2) is 17.1 Å². The molecule has 0 radical (unpaired) electrons. The third-order valence-corrected chi connectivity index (χ3v) is 4.12. The molecule has 0 fully saturated rings. The molecule has 0 aliphatic heterocycles. The number of aromatic nitrogens is 1. The van der Waals surface area contributed by atoms with Crippen LogP contribution in [0.5, 0.6) is 5.75 Å². The highest BCUT2D eigenvalue weighted by Crippen LogP contribution is 2.19. The first kappa shape index (κ1) is 18.6. The highest BCUT2D eigenvalue weighted by molar-refractivity contribution is 5.77. The van der Waals surface area contributed by atoms with Crippen molar-refractivity contribution >= 4 is 17.0 Å². The van der Waals surface area contributed by atoms with Gasteiger partial charge in [0.2, 0.25) is 5.91 Å². The van der Waals surface area contributed by atoms with Crippen LogP contribution in [0.4, 0.5) is 8.78 Å². The summed E-state index contributed by atoms with van der Waals surface area (Å²) < 4.78 is 35.2. The molecule has 1 atom stereocenters. The Morgan fingerprint density at radius 3 is 2.59 bits per heavy atom. The smallest absolute Gasteiger partial charge is 0.419 e. The molecular weight excluding hydrogens is 358 g/mol. The maximum atomic E-state index is 12.2. The number of alkyl halides is 2. The Bertz CT molecular complexity index is 979. The van der Waals surface area contributed by atoms with Crippen molar-refractivity contribution in [2.75, 3.05) is 0 Å². The fraction of sp³-hybridized carbons (Fsp3) is 0.263. The molecule has 27 heavy (non-hydrogen) atoms. The maximum Gasteiger partial charge on any atom is 0.419 e. The van der Waals surface area contributed by atoms with Crippen LogP contribution in [0.15, 0.2) is 57.7 Å². The summed E-state index contributed by atoms with van der Waals surface area (Å²) in [5.74, 6) is -0.697. The lowest BCUT2D eigenvalue weighted by Crippen LogP contribution is -2.28. The molecule has 0 bridgehead atoms. The number of hydrogen-bond donors (Lipinski definition) is 1. The van der Waals surface area contributed by atoms with Gasteiger partial charge in [-0.25, -0.2) is 4.79 Å². The van der Waals surface area contributed by atoms with Gasteiger partial charge in [0.15, 0.2) is 5.58 Å². The average Bonchev–Trinajstić information content (AvgIpc) is 2.95. The van der Waals surface area contributed by atoms with E-state index in [9.17, 15) is 18.4 Å². The fourth-order valence-electron chi connectivity index (χ4n) is 2.77.